The second kappa shape index (κ2) is 9.96. The zero-order valence-electron chi connectivity index (χ0n) is 16.9. The second-order valence-electron chi connectivity index (χ2n) is 7.09. The molecule has 1 unspecified atom stereocenters. The summed E-state index contributed by atoms with van der Waals surface area (Å²) in [4.78, 5) is 12.3. The molecule has 2 N–H and O–H groups in total. The first-order valence-corrected chi connectivity index (χ1v) is 11.8. The molecule has 0 aliphatic rings. The third-order valence-corrected chi connectivity index (χ3v) is 6.18. The zero-order valence-corrected chi connectivity index (χ0v) is 18.5. The van der Waals surface area contributed by atoms with Crippen molar-refractivity contribution >= 4 is 38.9 Å². The molecule has 0 aromatic heterocycles. The quantitative estimate of drug-likeness (QED) is 0.524. The molecule has 0 spiro atoms. The molecule has 3 aromatic rings. The van der Waals surface area contributed by atoms with E-state index in [9.17, 15) is 18.3 Å². The summed E-state index contributed by atoms with van der Waals surface area (Å²) in [5.41, 5.74) is 2.29. The van der Waals surface area contributed by atoms with Gasteiger partial charge in [0.25, 0.3) is 0 Å². The van der Waals surface area contributed by atoms with Crippen molar-refractivity contribution in [1.82, 2.24) is 0 Å². The lowest BCUT2D eigenvalue weighted by Gasteiger charge is -2.23. The first-order chi connectivity index (χ1) is 14.7. The fraction of sp³-hybridized carbons (Fsp3) is 0.174. The van der Waals surface area contributed by atoms with Gasteiger partial charge in [0.15, 0.2) is 0 Å². The Morgan fingerprint density at radius 2 is 1.61 bits per heavy atom. The fourth-order valence-electron chi connectivity index (χ4n) is 3.07. The Bertz CT molecular complexity index is 1140. The van der Waals surface area contributed by atoms with Crippen molar-refractivity contribution in [1.29, 1.82) is 0 Å². The van der Waals surface area contributed by atoms with Gasteiger partial charge in [-0.25, -0.2) is 8.42 Å². The largest absolute Gasteiger partial charge is 0.388 e. The summed E-state index contributed by atoms with van der Waals surface area (Å²) in [5.74, 6) is -0.347. The number of aliphatic hydroxyl groups is 1. The topological polar surface area (TPSA) is 86.7 Å². The minimum atomic E-state index is -3.56. The number of benzene rings is 3. The van der Waals surface area contributed by atoms with Gasteiger partial charge >= 0.3 is 0 Å². The molecule has 31 heavy (non-hydrogen) atoms. The maximum absolute atomic E-state index is 12.4. The summed E-state index contributed by atoms with van der Waals surface area (Å²) in [6, 6.07) is 22.5. The number of nitrogens with zero attached hydrogens (tertiary/aromatic N) is 1. The van der Waals surface area contributed by atoms with Gasteiger partial charge in [-0.1, -0.05) is 60.1 Å². The molecule has 1 amide bonds. The second-order valence-corrected chi connectivity index (χ2v) is 9.40. The fourth-order valence-corrected chi connectivity index (χ4v) is 4.15. The van der Waals surface area contributed by atoms with Crippen molar-refractivity contribution in [2.24, 2.45) is 0 Å². The van der Waals surface area contributed by atoms with Crippen LogP contribution in [0, 0.1) is 0 Å². The molecule has 0 radical (unpaired) electrons. The SMILES string of the molecule is CS(=O)(=O)N(Cc1ccccc1Cl)c1ccc(NC(=O)CC(O)c2ccccc2)cc1. The van der Waals surface area contributed by atoms with Crippen molar-refractivity contribution in [3.8, 4) is 0 Å². The van der Waals surface area contributed by atoms with Crippen molar-refractivity contribution in [3.63, 3.8) is 0 Å². The van der Waals surface area contributed by atoms with Crippen LogP contribution in [0.1, 0.15) is 23.7 Å². The van der Waals surface area contributed by atoms with Crippen molar-refractivity contribution in [3.05, 3.63) is 95.0 Å². The van der Waals surface area contributed by atoms with Crippen LogP contribution in [0.2, 0.25) is 5.02 Å². The summed E-state index contributed by atoms with van der Waals surface area (Å²) < 4.78 is 26.0. The van der Waals surface area contributed by atoms with Gasteiger partial charge in [-0.3, -0.25) is 9.10 Å². The number of rotatable bonds is 8. The van der Waals surface area contributed by atoms with Crippen LogP contribution in [0.4, 0.5) is 11.4 Å². The van der Waals surface area contributed by atoms with E-state index in [1.54, 1.807) is 72.8 Å². The lowest BCUT2D eigenvalue weighted by atomic mass is 10.1. The molecule has 8 heteroatoms. The molecule has 0 bridgehead atoms. The van der Waals surface area contributed by atoms with E-state index < -0.39 is 16.1 Å². The van der Waals surface area contributed by atoms with Crippen LogP contribution in [-0.2, 0) is 21.4 Å². The summed E-state index contributed by atoms with van der Waals surface area (Å²) in [5, 5.41) is 13.4. The summed E-state index contributed by atoms with van der Waals surface area (Å²) >= 11 is 6.18. The van der Waals surface area contributed by atoms with Gasteiger partial charge in [0.2, 0.25) is 15.9 Å². The van der Waals surface area contributed by atoms with Crippen LogP contribution in [0.25, 0.3) is 0 Å². The minimum Gasteiger partial charge on any atom is -0.388 e. The van der Waals surface area contributed by atoms with E-state index in [0.29, 0.717) is 27.5 Å². The predicted molar refractivity (Wildman–Crippen MR) is 124 cm³/mol. The molecule has 0 heterocycles. The molecule has 162 valence electrons. The predicted octanol–water partition coefficient (Wildman–Crippen LogP) is 4.37. The van der Waals surface area contributed by atoms with Gasteiger partial charge < -0.3 is 10.4 Å². The van der Waals surface area contributed by atoms with Crippen LogP contribution in [0.15, 0.2) is 78.9 Å². The first-order valence-electron chi connectivity index (χ1n) is 9.58. The molecule has 1 atom stereocenters. The zero-order chi connectivity index (χ0) is 22.4. The van der Waals surface area contributed by atoms with Crippen LogP contribution in [-0.4, -0.2) is 25.7 Å². The molecule has 0 aliphatic carbocycles. The maximum atomic E-state index is 12.4. The van der Waals surface area contributed by atoms with E-state index in [1.807, 2.05) is 6.07 Å². The normalized spacial score (nSPS) is 12.2. The number of hydrogen-bond donors (Lipinski definition) is 2. The van der Waals surface area contributed by atoms with Crippen molar-refractivity contribution < 1.29 is 18.3 Å². The van der Waals surface area contributed by atoms with Gasteiger partial charge in [-0.15, -0.1) is 0 Å². The molecule has 0 saturated carbocycles. The highest BCUT2D eigenvalue weighted by Gasteiger charge is 2.19. The third kappa shape index (κ3) is 6.30. The van der Waals surface area contributed by atoms with Crippen molar-refractivity contribution in [2.45, 2.75) is 19.1 Å². The molecule has 3 aromatic carbocycles. The smallest absolute Gasteiger partial charge is 0.232 e. The van der Waals surface area contributed by atoms with Crippen LogP contribution < -0.4 is 9.62 Å². The number of carbonyl (C=O) groups is 1. The van der Waals surface area contributed by atoms with E-state index in [2.05, 4.69) is 5.32 Å². The Labute approximate surface area is 187 Å². The lowest BCUT2D eigenvalue weighted by molar-refractivity contribution is -0.118. The summed E-state index contributed by atoms with van der Waals surface area (Å²) in [6.07, 6.45) is 0.134. The van der Waals surface area contributed by atoms with Crippen LogP contribution in [0.3, 0.4) is 0 Å². The Kier molecular flexibility index (Phi) is 7.33. The summed E-state index contributed by atoms with van der Waals surface area (Å²) in [7, 11) is -3.56. The Morgan fingerprint density at radius 3 is 2.23 bits per heavy atom. The number of nitrogens with one attached hydrogen (secondary N) is 1. The van der Waals surface area contributed by atoms with Gasteiger partial charge in [0, 0.05) is 10.7 Å². The van der Waals surface area contributed by atoms with Crippen molar-refractivity contribution in [2.75, 3.05) is 15.9 Å². The number of halogens is 1. The monoisotopic (exact) mass is 458 g/mol. The number of aliphatic hydroxyl groups excluding tert-OH is 1. The lowest BCUT2D eigenvalue weighted by Crippen LogP contribution is -2.29. The highest BCUT2D eigenvalue weighted by atomic mass is 35.5. The minimum absolute atomic E-state index is 0.0895. The highest BCUT2D eigenvalue weighted by molar-refractivity contribution is 7.92. The first kappa shape index (κ1) is 22.8. The van der Waals surface area contributed by atoms with E-state index in [0.717, 1.165) is 6.26 Å². The van der Waals surface area contributed by atoms with E-state index in [1.165, 1.54) is 4.31 Å². The van der Waals surface area contributed by atoms with Gasteiger partial charge in [-0.05, 0) is 41.5 Å². The number of hydrogen-bond acceptors (Lipinski definition) is 4. The number of anilines is 2. The van der Waals surface area contributed by atoms with Gasteiger partial charge in [0.1, 0.15) is 0 Å². The van der Waals surface area contributed by atoms with E-state index >= 15 is 0 Å². The van der Waals surface area contributed by atoms with Crippen LogP contribution >= 0.6 is 11.6 Å². The molecule has 0 aliphatic heterocycles. The Balaban J connectivity index is 1.70. The maximum Gasteiger partial charge on any atom is 0.232 e. The Morgan fingerprint density at radius 1 is 1.00 bits per heavy atom. The molecule has 0 saturated heterocycles. The number of carbonyl (C=O) groups excluding carboxylic acids is 1. The third-order valence-electron chi connectivity index (χ3n) is 4.67. The summed E-state index contributed by atoms with van der Waals surface area (Å²) in [6.45, 7) is 0.0908. The van der Waals surface area contributed by atoms with Gasteiger partial charge in [0.05, 0.1) is 31.0 Å². The van der Waals surface area contributed by atoms with Crippen LogP contribution in [0.5, 0.6) is 0 Å². The van der Waals surface area contributed by atoms with E-state index in [-0.39, 0.29) is 18.9 Å². The highest BCUT2D eigenvalue weighted by Crippen LogP contribution is 2.26. The number of sulfonamides is 1. The molecular formula is C23H23ClN2O4S. The standard InChI is InChI=1S/C23H23ClN2O4S/c1-31(29,30)26(16-18-9-5-6-10-21(18)24)20-13-11-19(12-14-20)25-23(28)15-22(27)17-7-3-2-4-8-17/h2-14,22,27H,15-16H2,1H3,(H,25,28). The molecule has 3 rings (SSSR count). The number of amides is 1. The van der Waals surface area contributed by atoms with E-state index in [4.69, 9.17) is 11.6 Å². The average Bonchev–Trinajstić information content (AvgIpc) is 2.73. The molecule has 6 nitrogen and oxygen atoms in total. The molecule has 0 fully saturated rings. The Hall–Kier alpha value is -2.87. The van der Waals surface area contributed by atoms with Gasteiger partial charge in [-0.2, -0.15) is 0 Å². The molecular weight excluding hydrogens is 436 g/mol. The average molecular weight is 459 g/mol.